The second-order valence-corrected chi connectivity index (χ2v) is 12.4. The molecule has 0 amide bonds. The fourth-order valence-corrected chi connectivity index (χ4v) is 7.63. The van der Waals surface area contributed by atoms with E-state index in [0.717, 1.165) is 87.6 Å². The molecule has 1 aromatic heterocycles. The number of hydrogen-bond acceptors (Lipinski definition) is 1. The molecule has 0 fully saturated rings. The van der Waals surface area contributed by atoms with Crippen LogP contribution in [0.5, 0.6) is 0 Å². The summed E-state index contributed by atoms with van der Waals surface area (Å²) in [6.07, 6.45) is 0. The molecule has 228 valence electrons. The minimum atomic E-state index is -0.409. The van der Waals surface area contributed by atoms with Crippen molar-refractivity contribution in [3.63, 3.8) is 0 Å². The number of benzene rings is 9. The van der Waals surface area contributed by atoms with Gasteiger partial charge in [-0.05, 0) is 89.6 Å². The fourth-order valence-electron chi connectivity index (χ4n) is 7.63. The van der Waals surface area contributed by atoms with Gasteiger partial charge in [-0.15, -0.1) is 0 Å². The molecule has 0 atom stereocenters. The molecule has 10 rings (SSSR count). The zero-order valence-corrected chi connectivity index (χ0v) is 26.3. The summed E-state index contributed by atoms with van der Waals surface area (Å²) in [6, 6.07) is 50.3. The summed E-state index contributed by atoms with van der Waals surface area (Å²) in [4.78, 5) is 0. The summed E-state index contributed by atoms with van der Waals surface area (Å²) in [7, 11) is 0. The van der Waals surface area contributed by atoms with Gasteiger partial charge in [-0.1, -0.05) is 164 Å². The number of fused-ring (bicyclic) bond motifs is 7. The van der Waals surface area contributed by atoms with Crippen LogP contribution in [0.2, 0.25) is 0 Å². The molecule has 0 saturated carbocycles. The van der Waals surface area contributed by atoms with Gasteiger partial charge in [0.05, 0.1) is 6.85 Å². The predicted octanol–water partition coefficient (Wildman–Crippen LogP) is 13.7. The lowest BCUT2D eigenvalue weighted by molar-refractivity contribution is 0.673. The van der Waals surface area contributed by atoms with Gasteiger partial charge in [0, 0.05) is 16.2 Å². The molecule has 1 nitrogen and oxygen atoms in total. The van der Waals surface area contributed by atoms with Crippen LogP contribution in [-0.4, -0.2) is 0 Å². The van der Waals surface area contributed by atoms with Crippen molar-refractivity contribution in [2.75, 3.05) is 0 Å². The Bertz CT molecular complexity index is 3130. The van der Waals surface area contributed by atoms with Crippen molar-refractivity contribution < 1.29 is 11.3 Å². The highest BCUT2D eigenvalue weighted by molar-refractivity contribution is 6.27. The minimum Gasteiger partial charge on any atom is -0.455 e. The lowest BCUT2D eigenvalue weighted by Gasteiger charge is -2.21. The maximum Gasteiger partial charge on any atom is 0.143 e. The van der Waals surface area contributed by atoms with Gasteiger partial charge >= 0.3 is 0 Å². The summed E-state index contributed by atoms with van der Waals surface area (Å²) in [5.41, 5.74) is 8.40. The van der Waals surface area contributed by atoms with Gasteiger partial charge in [0.15, 0.2) is 0 Å². The van der Waals surface area contributed by atoms with E-state index in [1.54, 1.807) is 0 Å². The van der Waals surface area contributed by atoms with Crippen molar-refractivity contribution in [2.45, 2.75) is 0 Å². The Hall–Kier alpha value is -6.44. The summed E-state index contributed by atoms with van der Waals surface area (Å²) < 4.78 is 49.8. The van der Waals surface area contributed by atoms with E-state index < -0.39 is 6.04 Å². The van der Waals surface area contributed by atoms with E-state index in [2.05, 4.69) is 84.9 Å². The van der Waals surface area contributed by atoms with Crippen LogP contribution in [0.4, 0.5) is 0 Å². The molecule has 0 unspecified atom stereocenters. The van der Waals surface area contributed by atoms with Crippen molar-refractivity contribution in [1.82, 2.24) is 0 Å². The van der Waals surface area contributed by atoms with Gasteiger partial charge < -0.3 is 4.42 Å². The van der Waals surface area contributed by atoms with E-state index in [0.29, 0.717) is 5.56 Å². The lowest BCUT2D eigenvalue weighted by atomic mass is 9.82. The third-order valence-corrected chi connectivity index (χ3v) is 9.75. The molecule has 0 radical (unpaired) electrons. The van der Waals surface area contributed by atoms with E-state index in [1.807, 2.05) is 66.7 Å². The highest BCUT2D eigenvalue weighted by atomic mass is 16.3. The number of furan rings is 1. The van der Waals surface area contributed by atoms with Crippen molar-refractivity contribution >= 4 is 54.3 Å². The quantitative estimate of drug-likeness (QED) is 0.177. The molecule has 0 spiro atoms. The Kier molecular flexibility index (Phi) is 5.20. The largest absolute Gasteiger partial charge is 0.455 e. The standard InChI is InChI=1S/C48H30O/c1-3-14-31(15-4-1)34-27-28-40-43(30-34)46(37-21-10-9-19-35(37)32-16-5-2-6-17-32)39-23-12-11-22-38(39)45(40)41-24-13-25-44-47(41)42-29-26-33-18-7-8-20-36(33)48(42)49-44/h1-30H/i2D,5D,6D,16D,17D. The normalized spacial score (nSPS) is 13.1. The molecule has 0 aliphatic rings. The minimum absolute atomic E-state index is 0.180. The zero-order valence-electron chi connectivity index (χ0n) is 31.3. The Morgan fingerprint density at radius 3 is 1.84 bits per heavy atom. The van der Waals surface area contributed by atoms with Crippen LogP contribution in [0.3, 0.4) is 0 Å². The van der Waals surface area contributed by atoms with Crippen molar-refractivity contribution in [1.29, 1.82) is 0 Å². The molecule has 9 aromatic carbocycles. The third kappa shape index (κ3) is 4.33. The highest BCUT2D eigenvalue weighted by Crippen LogP contribution is 2.49. The van der Waals surface area contributed by atoms with Crippen LogP contribution >= 0.6 is 0 Å². The van der Waals surface area contributed by atoms with Crippen LogP contribution in [0.25, 0.3) is 98.8 Å². The molecule has 0 saturated heterocycles. The zero-order chi connectivity index (χ0) is 36.7. The number of hydrogen-bond donors (Lipinski definition) is 0. The molecular formula is C48H30O. The first-order valence-corrected chi connectivity index (χ1v) is 16.4. The van der Waals surface area contributed by atoms with E-state index >= 15 is 0 Å². The SMILES string of the molecule is [2H]c1c([2H])c([2H])c(-c2ccccc2-c2c3ccccc3c(-c3cccc4oc5c6ccccc6ccc5c34)c3ccc(-c4ccccc4)cc23)c([2H])c1[2H]. The van der Waals surface area contributed by atoms with Crippen LogP contribution in [-0.2, 0) is 0 Å². The molecule has 0 aliphatic carbocycles. The van der Waals surface area contributed by atoms with E-state index in [9.17, 15) is 0 Å². The van der Waals surface area contributed by atoms with Crippen molar-refractivity contribution in [2.24, 2.45) is 0 Å². The summed E-state index contributed by atoms with van der Waals surface area (Å²) >= 11 is 0. The average Bonchev–Trinajstić information content (AvgIpc) is 3.62. The van der Waals surface area contributed by atoms with Gasteiger partial charge in [0.25, 0.3) is 0 Å². The molecule has 1 heterocycles. The van der Waals surface area contributed by atoms with Gasteiger partial charge in [-0.3, -0.25) is 0 Å². The summed E-state index contributed by atoms with van der Waals surface area (Å²) in [5, 5.41) is 8.32. The molecule has 1 heteroatoms. The first-order valence-electron chi connectivity index (χ1n) is 18.9. The lowest BCUT2D eigenvalue weighted by Crippen LogP contribution is -1.93. The maximum atomic E-state index is 8.95. The topological polar surface area (TPSA) is 13.1 Å². The van der Waals surface area contributed by atoms with E-state index in [4.69, 9.17) is 11.3 Å². The molecule has 0 N–H and O–H groups in total. The van der Waals surface area contributed by atoms with Gasteiger partial charge in [0.2, 0.25) is 0 Å². The summed E-state index contributed by atoms with van der Waals surface area (Å²) in [5.74, 6) is 0. The fraction of sp³-hybridized carbons (Fsp3) is 0. The first kappa shape index (κ1) is 23.0. The second-order valence-electron chi connectivity index (χ2n) is 12.4. The molecule has 0 aliphatic heterocycles. The first-order chi connectivity index (χ1) is 26.4. The third-order valence-electron chi connectivity index (χ3n) is 9.75. The average molecular weight is 628 g/mol. The van der Waals surface area contributed by atoms with E-state index in [1.165, 1.54) is 0 Å². The van der Waals surface area contributed by atoms with Crippen molar-refractivity contribution in [3.05, 3.63) is 182 Å². The van der Waals surface area contributed by atoms with Crippen LogP contribution < -0.4 is 0 Å². The van der Waals surface area contributed by atoms with Crippen LogP contribution in [0, 0.1) is 0 Å². The van der Waals surface area contributed by atoms with Crippen LogP contribution in [0.15, 0.2) is 186 Å². The van der Waals surface area contributed by atoms with Crippen molar-refractivity contribution in [3.8, 4) is 44.5 Å². The van der Waals surface area contributed by atoms with E-state index in [-0.39, 0.29) is 29.7 Å². The monoisotopic (exact) mass is 627 g/mol. The van der Waals surface area contributed by atoms with Gasteiger partial charge in [0.1, 0.15) is 11.2 Å². The van der Waals surface area contributed by atoms with Gasteiger partial charge in [-0.2, -0.15) is 0 Å². The Labute approximate surface area is 291 Å². The Balaban J connectivity index is 1.37. The Morgan fingerprint density at radius 1 is 0.388 bits per heavy atom. The highest BCUT2D eigenvalue weighted by Gasteiger charge is 2.22. The number of rotatable bonds is 4. The molecule has 0 bridgehead atoms. The molecular weight excluding hydrogens is 593 g/mol. The van der Waals surface area contributed by atoms with Crippen LogP contribution in [0.1, 0.15) is 6.85 Å². The molecule has 10 aromatic rings. The smallest absolute Gasteiger partial charge is 0.143 e. The summed E-state index contributed by atoms with van der Waals surface area (Å²) in [6.45, 7) is 0. The van der Waals surface area contributed by atoms with Gasteiger partial charge in [-0.25, -0.2) is 0 Å². The predicted molar refractivity (Wildman–Crippen MR) is 208 cm³/mol. The Morgan fingerprint density at radius 2 is 1.02 bits per heavy atom. The maximum absolute atomic E-state index is 8.95. The second kappa shape index (κ2) is 11.1. The molecule has 49 heavy (non-hydrogen) atoms.